The van der Waals surface area contributed by atoms with Gasteiger partial charge in [0.1, 0.15) is 0 Å². The highest BCUT2D eigenvalue weighted by atomic mass is 16.5. The molecule has 0 bridgehead atoms. The van der Waals surface area contributed by atoms with Gasteiger partial charge < -0.3 is 14.4 Å². The molecule has 0 amide bonds. The molecule has 0 aromatic carbocycles. The first kappa shape index (κ1) is 15.3. The zero-order valence-corrected chi connectivity index (χ0v) is 14.5. The van der Waals surface area contributed by atoms with E-state index in [0.29, 0.717) is 23.2 Å². The summed E-state index contributed by atoms with van der Waals surface area (Å²) in [6, 6.07) is 2.80. The standard InChI is InChI=1S/C19H24N4O2/c24-18-15(11-13-3-1-2-4-16(13)20-18)17-21-19(25-22-17)12-7-9-23(10-8-12)14-5-6-14/h11-12,14H,1-10H2,(H,20,24). The first-order chi connectivity index (χ1) is 12.3. The van der Waals surface area contributed by atoms with E-state index >= 15 is 0 Å². The van der Waals surface area contributed by atoms with E-state index in [2.05, 4.69) is 20.0 Å². The van der Waals surface area contributed by atoms with Gasteiger partial charge in [-0.05, 0) is 76.1 Å². The van der Waals surface area contributed by atoms with Crippen LogP contribution in [0.25, 0.3) is 11.4 Å². The number of aryl methyl sites for hydroxylation is 2. The first-order valence-corrected chi connectivity index (χ1v) is 9.61. The molecule has 25 heavy (non-hydrogen) atoms. The van der Waals surface area contributed by atoms with Crippen LogP contribution in [0.4, 0.5) is 0 Å². The second kappa shape index (κ2) is 6.09. The van der Waals surface area contributed by atoms with E-state index in [-0.39, 0.29) is 5.56 Å². The van der Waals surface area contributed by atoms with E-state index in [1.807, 2.05) is 6.07 Å². The molecule has 3 aliphatic rings. The van der Waals surface area contributed by atoms with Crippen molar-refractivity contribution in [1.82, 2.24) is 20.0 Å². The number of aromatic amines is 1. The van der Waals surface area contributed by atoms with Crippen molar-refractivity contribution in [3.63, 3.8) is 0 Å². The molecule has 5 rings (SSSR count). The van der Waals surface area contributed by atoms with Gasteiger partial charge in [-0.25, -0.2) is 0 Å². The van der Waals surface area contributed by atoms with Gasteiger partial charge in [0.05, 0.1) is 5.56 Å². The monoisotopic (exact) mass is 340 g/mol. The zero-order chi connectivity index (χ0) is 16.8. The smallest absolute Gasteiger partial charge is 0.259 e. The van der Waals surface area contributed by atoms with Gasteiger partial charge in [0.25, 0.3) is 5.56 Å². The summed E-state index contributed by atoms with van der Waals surface area (Å²) >= 11 is 0. The Morgan fingerprint density at radius 3 is 2.72 bits per heavy atom. The van der Waals surface area contributed by atoms with Gasteiger partial charge >= 0.3 is 0 Å². The number of nitrogens with one attached hydrogen (secondary N) is 1. The molecule has 3 heterocycles. The average Bonchev–Trinajstić information content (AvgIpc) is 3.38. The summed E-state index contributed by atoms with van der Waals surface area (Å²) in [6.45, 7) is 2.24. The van der Waals surface area contributed by atoms with E-state index < -0.39 is 0 Å². The van der Waals surface area contributed by atoms with E-state index in [1.165, 1.54) is 24.8 Å². The Morgan fingerprint density at radius 1 is 1.12 bits per heavy atom. The van der Waals surface area contributed by atoms with Gasteiger partial charge in [-0.3, -0.25) is 4.79 Å². The molecule has 0 spiro atoms. The van der Waals surface area contributed by atoms with E-state index in [4.69, 9.17) is 4.52 Å². The Bertz CT molecular complexity index is 828. The third-order valence-corrected chi connectivity index (χ3v) is 5.96. The van der Waals surface area contributed by atoms with Crippen molar-refractivity contribution in [1.29, 1.82) is 0 Å². The lowest BCUT2D eigenvalue weighted by molar-refractivity contribution is 0.186. The Kier molecular flexibility index (Phi) is 3.73. The predicted octanol–water partition coefficient (Wildman–Crippen LogP) is 2.65. The quantitative estimate of drug-likeness (QED) is 0.930. The fraction of sp³-hybridized carbons (Fsp3) is 0.632. The first-order valence-electron chi connectivity index (χ1n) is 9.61. The summed E-state index contributed by atoms with van der Waals surface area (Å²) in [7, 11) is 0. The molecule has 2 fully saturated rings. The second-order valence-electron chi connectivity index (χ2n) is 7.72. The topological polar surface area (TPSA) is 75.0 Å². The van der Waals surface area contributed by atoms with Crippen LogP contribution in [0.5, 0.6) is 0 Å². The van der Waals surface area contributed by atoms with Crippen LogP contribution in [0.1, 0.15) is 61.6 Å². The molecule has 0 atom stereocenters. The number of piperidine rings is 1. The van der Waals surface area contributed by atoms with Crippen LogP contribution < -0.4 is 5.56 Å². The molecule has 6 nitrogen and oxygen atoms in total. The van der Waals surface area contributed by atoms with Crippen molar-refractivity contribution in [2.24, 2.45) is 0 Å². The number of fused-ring (bicyclic) bond motifs is 1. The predicted molar refractivity (Wildman–Crippen MR) is 93.6 cm³/mol. The molecule has 2 aliphatic carbocycles. The molecule has 1 aliphatic heterocycles. The maximum Gasteiger partial charge on any atom is 0.259 e. The fourth-order valence-electron chi connectivity index (χ4n) is 4.30. The number of aromatic nitrogens is 3. The van der Waals surface area contributed by atoms with Gasteiger partial charge in [0, 0.05) is 17.7 Å². The van der Waals surface area contributed by atoms with Gasteiger partial charge in [0.2, 0.25) is 11.7 Å². The number of H-pyrrole nitrogens is 1. The third kappa shape index (κ3) is 2.92. The molecule has 132 valence electrons. The summed E-state index contributed by atoms with van der Waals surface area (Å²) in [6.07, 6.45) is 9.15. The van der Waals surface area contributed by atoms with Crippen molar-refractivity contribution in [3.8, 4) is 11.4 Å². The molecule has 1 saturated heterocycles. The van der Waals surface area contributed by atoms with Crippen molar-refractivity contribution < 1.29 is 4.52 Å². The molecule has 2 aromatic heterocycles. The summed E-state index contributed by atoms with van der Waals surface area (Å²) < 4.78 is 5.54. The molecule has 0 radical (unpaired) electrons. The van der Waals surface area contributed by atoms with Crippen LogP contribution in [0.2, 0.25) is 0 Å². The Hall–Kier alpha value is -1.95. The summed E-state index contributed by atoms with van der Waals surface area (Å²) in [5.41, 5.74) is 2.75. The van der Waals surface area contributed by atoms with E-state index in [9.17, 15) is 4.79 Å². The number of rotatable bonds is 3. The van der Waals surface area contributed by atoms with Crippen molar-refractivity contribution in [2.45, 2.75) is 63.3 Å². The van der Waals surface area contributed by atoms with Crippen molar-refractivity contribution in [3.05, 3.63) is 33.6 Å². The van der Waals surface area contributed by atoms with E-state index in [0.717, 1.165) is 56.9 Å². The molecule has 1 saturated carbocycles. The van der Waals surface area contributed by atoms with Crippen LogP contribution in [-0.4, -0.2) is 39.2 Å². The number of pyridine rings is 1. The minimum absolute atomic E-state index is 0.100. The minimum atomic E-state index is -0.100. The summed E-state index contributed by atoms with van der Waals surface area (Å²) in [4.78, 5) is 22.6. The lowest BCUT2D eigenvalue weighted by Crippen LogP contribution is -2.34. The van der Waals surface area contributed by atoms with Gasteiger partial charge in [-0.15, -0.1) is 0 Å². The molecular formula is C19H24N4O2. The number of hydrogen-bond donors (Lipinski definition) is 1. The van der Waals surface area contributed by atoms with Gasteiger partial charge in [0.15, 0.2) is 0 Å². The second-order valence-corrected chi connectivity index (χ2v) is 7.72. The number of hydrogen-bond acceptors (Lipinski definition) is 5. The van der Waals surface area contributed by atoms with Crippen molar-refractivity contribution in [2.75, 3.05) is 13.1 Å². The molecule has 6 heteroatoms. The van der Waals surface area contributed by atoms with Gasteiger partial charge in [-0.2, -0.15) is 4.98 Å². The van der Waals surface area contributed by atoms with Crippen LogP contribution in [-0.2, 0) is 12.8 Å². The van der Waals surface area contributed by atoms with Crippen molar-refractivity contribution >= 4 is 0 Å². The normalized spacial score (nSPS) is 22.1. The Labute approximate surface area is 146 Å². The largest absolute Gasteiger partial charge is 0.339 e. The molecule has 0 unspecified atom stereocenters. The molecular weight excluding hydrogens is 316 g/mol. The number of nitrogens with zero attached hydrogens (tertiary/aromatic N) is 3. The molecule has 2 aromatic rings. The summed E-state index contributed by atoms with van der Waals surface area (Å²) in [5.74, 6) is 1.46. The SMILES string of the molecule is O=c1[nH]c2c(cc1-c1noc(C3CCN(C4CC4)CC3)n1)CCCC2. The highest BCUT2D eigenvalue weighted by molar-refractivity contribution is 5.55. The third-order valence-electron chi connectivity index (χ3n) is 5.96. The summed E-state index contributed by atoms with van der Waals surface area (Å²) in [5, 5.41) is 4.12. The van der Waals surface area contributed by atoms with Crippen LogP contribution in [0.3, 0.4) is 0 Å². The highest BCUT2D eigenvalue weighted by Crippen LogP contribution is 2.34. The highest BCUT2D eigenvalue weighted by Gasteiger charge is 2.33. The van der Waals surface area contributed by atoms with Crippen LogP contribution >= 0.6 is 0 Å². The zero-order valence-electron chi connectivity index (χ0n) is 14.5. The van der Waals surface area contributed by atoms with Gasteiger partial charge in [-0.1, -0.05) is 5.16 Å². The number of likely N-dealkylation sites (tertiary alicyclic amines) is 1. The maximum absolute atomic E-state index is 12.4. The minimum Gasteiger partial charge on any atom is -0.339 e. The average molecular weight is 340 g/mol. The van der Waals surface area contributed by atoms with Crippen LogP contribution in [0, 0.1) is 0 Å². The lowest BCUT2D eigenvalue weighted by atomic mass is 9.95. The van der Waals surface area contributed by atoms with Crippen LogP contribution in [0.15, 0.2) is 15.4 Å². The van der Waals surface area contributed by atoms with E-state index in [1.54, 1.807) is 0 Å². The lowest BCUT2D eigenvalue weighted by Gasteiger charge is -2.30. The fourth-order valence-corrected chi connectivity index (χ4v) is 4.30. The maximum atomic E-state index is 12.4. The Morgan fingerprint density at radius 2 is 1.92 bits per heavy atom. The Balaban J connectivity index is 1.37. The molecule has 1 N–H and O–H groups in total.